The fourth-order valence-corrected chi connectivity index (χ4v) is 2.19. The molecule has 0 aliphatic carbocycles. The maximum atomic E-state index is 10.8. The molecule has 0 bridgehead atoms. The Balaban J connectivity index is 2.08. The number of ether oxygens (including phenoxy) is 2. The average molecular weight is 325 g/mol. The van der Waals surface area contributed by atoms with Crippen LogP contribution in [0.5, 0.6) is 11.5 Å². The fraction of sp³-hybridized carbons (Fsp3) is 0.231. The largest absolute Gasteiger partial charge is 0.493 e. The Morgan fingerprint density at radius 2 is 2.32 bits per heavy atom. The second-order valence-electron chi connectivity index (χ2n) is 3.80. The number of rotatable bonds is 6. The van der Waals surface area contributed by atoms with Crippen molar-refractivity contribution in [2.75, 3.05) is 13.7 Å². The molecule has 0 aliphatic heterocycles. The van der Waals surface area contributed by atoms with Crippen LogP contribution in [0.4, 0.5) is 0 Å². The molecule has 0 saturated carbocycles. The van der Waals surface area contributed by atoms with Crippen LogP contribution in [0.25, 0.3) is 0 Å². The molecule has 5 nitrogen and oxygen atoms in total. The molecule has 0 spiro atoms. The lowest BCUT2D eigenvalue weighted by Crippen LogP contribution is -2.07. The maximum absolute atomic E-state index is 10.8. The molecule has 6 heteroatoms. The fourth-order valence-electron chi connectivity index (χ4n) is 1.62. The number of methoxy groups -OCH3 is 1. The molecule has 19 heavy (non-hydrogen) atoms. The van der Waals surface area contributed by atoms with Crippen molar-refractivity contribution in [3.8, 4) is 11.5 Å². The van der Waals surface area contributed by atoms with Gasteiger partial charge < -0.3 is 14.0 Å². The molecule has 2 rings (SSSR count). The highest BCUT2D eigenvalue weighted by atomic mass is 79.9. The zero-order chi connectivity index (χ0) is 13.7. The van der Waals surface area contributed by atoms with Crippen molar-refractivity contribution in [3.63, 3.8) is 0 Å². The minimum atomic E-state index is 0.478. The lowest BCUT2D eigenvalue weighted by atomic mass is 10.2. The summed E-state index contributed by atoms with van der Waals surface area (Å²) in [5.41, 5.74) is 0.533. The van der Waals surface area contributed by atoms with E-state index < -0.39 is 0 Å². The SMILES string of the molecule is COc1cc(C=O)cc(Br)c1OCCn1ccnc1. The Hall–Kier alpha value is -1.82. The van der Waals surface area contributed by atoms with Crippen molar-refractivity contribution < 1.29 is 14.3 Å². The first-order chi connectivity index (χ1) is 9.24. The quantitative estimate of drug-likeness (QED) is 0.766. The zero-order valence-corrected chi connectivity index (χ0v) is 12.0. The van der Waals surface area contributed by atoms with E-state index >= 15 is 0 Å². The number of benzene rings is 1. The Kier molecular flexibility index (Phi) is 4.57. The predicted molar refractivity (Wildman–Crippen MR) is 73.8 cm³/mol. The zero-order valence-electron chi connectivity index (χ0n) is 10.4. The van der Waals surface area contributed by atoms with E-state index in [1.807, 2.05) is 10.8 Å². The lowest BCUT2D eigenvalue weighted by molar-refractivity contribution is 0.112. The second kappa shape index (κ2) is 6.38. The molecule has 1 aromatic heterocycles. The molecule has 1 heterocycles. The Bertz CT molecular complexity index is 555. The van der Waals surface area contributed by atoms with Crippen molar-refractivity contribution >= 4 is 22.2 Å². The predicted octanol–water partition coefficient (Wildman–Crippen LogP) is 2.55. The number of aromatic nitrogens is 2. The molecule has 100 valence electrons. The minimum absolute atomic E-state index is 0.478. The summed E-state index contributed by atoms with van der Waals surface area (Å²) in [5, 5.41) is 0. The van der Waals surface area contributed by atoms with E-state index in [1.54, 1.807) is 31.8 Å². The van der Waals surface area contributed by atoms with E-state index in [2.05, 4.69) is 20.9 Å². The van der Waals surface area contributed by atoms with Gasteiger partial charge in [-0.05, 0) is 28.1 Å². The summed E-state index contributed by atoms with van der Waals surface area (Å²) in [4.78, 5) is 14.7. The minimum Gasteiger partial charge on any atom is -0.493 e. The first-order valence-electron chi connectivity index (χ1n) is 5.66. The number of hydrogen-bond donors (Lipinski definition) is 0. The normalized spacial score (nSPS) is 10.2. The van der Waals surface area contributed by atoms with Crippen molar-refractivity contribution in [1.82, 2.24) is 9.55 Å². The van der Waals surface area contributed by atoms with Crippen LogP contribution in [0.3, 0.4) is 0 Å². The van der Waals surface area contributed by atoms with E-state index in [1.165, 1.54) is 0 Å². The van der Waals surface area contributed by atoms with Crippen LogP contribution < -0.4 is 9.47 Å². The van der Waals surface area contributed by atoms with Gasteiger partial charge in [0.15, 0.2) is 11.5 Å². The number of halogens is 1. The third-order valence-electron chi connectivity index (χ3n) is 2.54. The van der Waals surface area contributed by atoms with Crippen molar-refractivity contribution in [2.24, 2.45) is 0 Å². The summed E-state index contributed by atoms with van der Waals surface area (Å²) >= 11 is 3.38. The standard InChI is InChI=1S/C13H13BrN2O3/c1-18-12-7-10(8-17)6-11(14)13(12)19-5-4-16-3-2-15-9-16/h2-3,6-9H,4-5H2,1H3. The van der Waals surface area contributed by atoms with Gasteiger partial charge in [-0.1, -0.05) is 0 Å². The Morgan fingerprint density at radius 1 is 1.47 bits per heavy atom. The van der Waals surface area contributed by atoms with E-state index in [9.17, 15) is 4.79 Å². The molecule has 0 atom stereocenters. The van der Waals surface area contributed by atoms with Crippen LogP contribution in [0.2, 0.25) is 0 Å². The smallest absolute Gasteiger partial charge is 0.175 e. The number of nitrogens with zero attached hydrogens (tertiary/aromatic N) is 2. The van der Waals surface area contributed by atoms with Crippen LogP contribution in [0, 0.1) is 0 Å². The summed E-state index contributed by atoms with van der Waals surface area (Å²) in [6.45, 7) is 1.16. The third kappa shape index (κ3) is 3.35. The molecule has 0 amide bonds. The highest BCUT2D eigenvalue weighted by Crippen LogP contribution is 2.36. The highest BCUT2D eigenvalue weighted by molar-refractivity contribution is 9.10. The van der Waals surface area contributed by atoms with Gasteiger partial charge in [0.05, 0.1) is 24.5 Å². The molecule has 0 fully saturated rings. The number of aldehydes is 1. The summed E-state index contributed by atoms with van der Waals surface area (Å²) in [7, 11) is 1.54. The van der Waals surface area contributed by atoms with Gasteiger partial charge in [0.25, 0.3) is 0 Å². The topological polar surface area (TPSA) is 53.4 Å². The van der Waals surface area contributed by atoms with Crippen LogP contribution in [-0.2, 0) is 6.54 Å². The summed E-state index contributed by atoms with van der Waals surface area (Å²) in [5.74, 6) is 1.12. The molecular weight excluding hydrogens is 312 g/mol. The van der Waals surface area contributed by atoms with Gasteiger partial charge in [0.1, 0.15) is 12.9 Å². The monoisotopic (exact) mass is 324 g/mol. The van der Waals surface area contributed by atoms with Gasteiger partial charge in [-0.2, -0.15) is 0 Å². The van der Waals surface area contributed by atoms with Crippen LogP contribution in [0.1, 0.15) is 10.4 Å². The van der Waals surface area contributed by atoms with Crippen LogP contribution in [0.15, 0.2) is 35.3 Å². The average Bonchev–Trinajstić information content (AvgIpc) is 2.93. The Morgan fingerprint density at radius 3 is 2.95 bits per heavy atom. The van der Waals surface area contributed by atoms with E-state index in [-0.39, 0.29) is 0 Å². The van der Waals surface area contributed by atoms with Crippen LogP contribution >= 0.6 is 15.9 Å². The number of carbonyl (C=O) groups excluding carboxylic acids is 1. The van der Waals surface area contributed by atoms with Crippen molar-refractivity contribution in [3.05, 3.63) is 40.9 Å². The number of carbonyl (C=O) groups is 1. The molecular formula is C13H13BrN2O3. The third-order valence-corrected chi connectivity index (χ3v) is 3.13. The van der Waals surface area contributed by atoms with Gasteiger partial charge in [0, 0.05) is 18.0 Å². The van der Waals surface area contributed by atoms with Crippen molar-refractivity contribution in [1.29, 1.82) is 0 Å². The maximum Gasteiger partial charge on any atom is 0.175 e. The molecule has 0 unspecified atom stereocenters. The molecule has 0 radical (unpaired) electrons. The van der Waals surface area contributed by atoms with Gasteiger partial charge in [0.2, 0.25) is 0 Å². The first-order valence-corrected chi connectivity index (χ1v) is 6.45. The molecule has 1 aromatic carbocycles. The van der Waals surface area contributed by atoms with Crippen LogP contribution in [-0.4, -0.2) is 29.6 Å². The Labute approximate surface area is 119 Å². The van der Waals surface area contributed by atoms with E-state index in [4.69, 9.17) is 9.47 Å². The van der Waals surface area contributed by atoms with E-state index in [0.29, 0.717) is 34.7 Å². The molecule has 2 aromatic rings. The second-order valence-corrected chi connectivity index (χ2v) is 4.66. The number of hydrogen-bond acceptors (Lipinski definition) is 4. The van der Waals surface area contributed by atoms with Gasteiger partial charge in [-0.25, -0.2) is 4.98 Å². The summed E-state index contributed by atoms with van der Waals surface area (Å²) in [6, 6.07) is 3.34. The van der Waals surface area contributed by atoms with E-state index in [0.717, 1.165) is 6.29 Å². The van der Waals surface area contributed by atoms with Gasteiger partial charge >= 0.3 is 0 Å². The highest BCUT2D eigenvalue weighted by Gasteiger charge is 2.11. The molecule has 0 saturated heterocycles. The number of imidazole rings is 1. The molecule has 0 N–H and O–H groups in total. The lowest BCUT2D eigenvalue weighted by Gasteiger charge is -2.13. The molecule has 0 aliphatic rings. The van der Waals surface area contributed by atoms with Gasteiger partial charge in [-0.3, -0.25) is 4.79 Å². The van der Waals surface area contributed by atoms with Crippen molar-refractivity contribution in [2.45, 2.75) is 6.54 Å². The van der Waals surface area contributed by atoms with Gasteiger partial charge in [-0.15, -0.1) is 0 Å². The summed E-state index contributed by atoms with van der Waals surface area (Å²) < 4.78 is 13.5. The summed E-state index contributed by atoms with van der Waals surface area (Å²) in [6.07, 6.45) is 6.08. The first kappa shape index (κ1) is 13.6.